The molecule has 1 heterocycles. The largest absolute Gasteiger partial charge is 0.464 e. The maximum absolute atomic E-state index is 11.5. The molecule has 0 aromatic rings. The maximum atomic E-state index is 11.5. The SMILES string of the molecule is COCCOCCOC(=O)CCC(=O)OCCN1C(=O)C=CC1=O. The summed E-state index contributed by atoms with van der Waals surface area (Å²) in [6, 6.07) is 0. The molecule has 9 heteroatoms. The predicted molar refractivity (Wildman–Crippen MR) is 79.7 cm³/mol. The van der Waals surface area contributed by atoms with E-state index in [-0.39, 0.29) is 39.2 Å². The first kappa shape index (κ1) is 19.8. The Morgan fingerprint density at radius 1 is 0.875 bits per heavy atom. The van der Waals surface area contributed by atoms with Crippen LogP contribution < -0.4 is 0 Å². The summed E-state index contributed by atoms with van der Waals surface area (Å²) in [5.41, 5.74) is 0. The smallest absolute Gasteiger partial charge is 0.306 e. The Hall–Kier alpha value is -2.26. The number of esters is 2. The third-order valence-corrected chi connectivity index (χ3v) is 2.93. The standard InChI is InChI=1S/C15H21NO8/c1-21-8-9-22-10-11-24-15(20)5-4-14(19)23-7-6-16-12(17)2-3-13(16)18/h2-3H,4-11H2,1H3. The number of hydrogen-bond donors (Lipinski definition) is 0. The van der Waals surface area contributed by atoms with Gasteiger partial charge in [-0.2, -0.15) is 0 Å². The molecule has 0 saturated heterocycles. The van der Waals surface area contributed by atoms with Crippen molar-refractivity contribution in [1.82, 2.24) is 4.90 Å². The van der Waals surface area contributed by atoms with Crippen molar-refractivity contribution < 1.29 is 38.1 Å². The number of ether oxygens (including phenoxy) is 4. The summed E-state index contributed by atoms with van der Waals surface area (Å²) in [6.07, 6.45) is 2.06. The van der Waals surface area contributed by atoms with E-state index in [1.165, 1.54) is 0 Å². The van der Waals surface area contributed by atoms with Crippen LogP contribution in [0.2, 0.25) is 0 Å². The van der Waals surface area contributed by atoms with Gasteiger partial charge < -0.3 is 18.9 Å². The lowest BCUT2D eigenvalue weighted by Crippen LogP contribution is -2.33. The minimum absolute atomic E-state index is 0.0142. The second-order valence-electron chi connectivity index (χ2n) is 4.71. The minimum atomic E-state index is -0.602. The number of rotatable bonds is 12. The molecule has 1 aliphatic rings. The van der Waals surface area contributed by atoms with E-state index in [1.807, 2.05) is 0 Å². The van der Waals surface area contributed by atoms with Gasteiger partial charge in [0.05, 0.1) is 39.2 Å². The molecule has 24 heavy (non-hydrogen) atoms. The second-order valence-corrected chi connectivity index (χ2v) is 4.71. The van der Waals surface area contributed by atoms with Crippen molar-refractivity contribution in [2.24, 2.45) is 0 Å². The first-order valence-electron chi connectivity index (χ1n) is 7.46. The van der Waals surface area contributed by atoms with Crippen LogP contribution in [-0.4, -0.2) is 75.3 Å². The summed E-state index contributed by atoms with van der Waals surface area (Å²) in [5, 5.41) is 0. The molecule has 0 saturated carbocycles. The molecule has 0 N–H and O–H groups in total. The maximum Gasteiger partial charge on any atom is 0.306 e. The summed E-state index contributed by atoms with van der Waals surface area (Å²) in [4.78, 5) is 46.3. The number of imide groups is 1. The van der Waals surface area contributed by atoms with Crippen molar-refractivity contribution in [3.8, 4) is 0 Å². The van der Waals surface area contributed by atoms with Crippen LogP contribution in [0.1, 0.15) is 12.8 Å². The van der Waals surface area contributed by atoms with Crippen LogP contribution in [0.25, 0.3) is 0 Å². The fraction of sp³-hybridized carbons (Fsp3) is 0.600. The van der Waals surface area contributed by atoms with Crippen LogP contribution in [-0.2, 0) is 38.1 Å². The lowest BCUT2D eigenvalue weighted by atomic mass is 10.3. The summed E-state index contributed by atoms with van der Waals surface area (Å²) in [5.74, 6) is -2.01. The number of carbonyl (C=O) groups is 4. The van der Waals surface area contributed by atoms with Gasteiger partial charge in [0.2, 0.25) is 0 Å². The highest BCUT2D eigenvalue weighted by molar-refractivity contribution is 6.12. The van der Waals surface area contributed by atoms with E-state index < -0.39 is 23.8 Å². The van der Waals surface area contributed by atoms with Gasteiger partial charge in [-0.3, -0.25) is 24.1 Å². The second kappa shape index (κ2) is 11.3. The highest BCUT2D eigenvalue weighted by Gasteiger charge is 2.23. The monoisotopic (exact) mass is 343 g/mol. The van der Waals surface area contributed by atoms with E-state index in [9.17, 15) is 19.2 Å². The zero-order valence-electron chi connectivity index (χ0n) is 13.5. The number of carbonyl (C=O) groups excluding carboxylic acids is 4. The lowest BCUT2D eigenvalue weighted by molar-refractivity contribution is -0.152. The average molecular weight is 343 g/mol. The van der Waals surface area contributed by atoms with Gasteiger partial charge >= 0.3 is 11.9 Å². The molecular formula is C15H21NO8. The molecule has 0 bridgehead atoms. The molecular weight excluding hydrogens is 322 g/mol. The average Bonchev–Trinajstić information content (AvgIpc) is 2.88. The lowest BCUT2D eigenvalue weighted by Gasteiger charge is -2.13. The van der Waals surface area contributed by atoms with E-state index in [2.05, 4.69) is 0 Å². The summed E-state index contributed by atoms with van der Waals surface area (Å²) < 4.78 is 19.6. The third kappa shape index (κ3) is 7.84. The van der Waals surface area contributed by atoms with Crippen molar-refractivity contribution in [2.45, 2.75) is 12.8 Å². The number of nitrogens with zero attached hydrogens (tertiary/aromatic N) is 1. The summed E-state index contributed by atoms with van der Waals surface area (Å²) in [7, 11) is 1.56. The normalized spacial score (nSPS) is 13.5. The van der Waals surface area contributed by atoms with E-state index in [0.717, 1.165) is 17.1 Å². The highest BCUT2D eigenvalue weighted by atomic mass is 16.6. The Labute approximate surface area is 139 Å². The topological polar surface area (TPSA) is 108 Å². The Morgan fingerprint density at radius 2 is 1.42 bits per heavy atom. The first-order valence-corrected chi connectivity index (χ1v) is 7.46. The fourth-order valence-corrected chi connectivity index (χ4v) is 1.71. The molecule has 9 nitrogen and oxygen atoms in total. The molecule has 0 atom stereocenters. The Bertz CT molecular complexity index is 470. The number of methoxy groups -OCH3 is 1. The van der Waals surface area contributed by atoms with Gasteiger partial charge in [-0.15, -0.1) is 0 Å². The first-order chi connectivity index (χ1) is 11.5. The van der Waals surface area contributed by atoms with Crippen LogP contribution in [0.3, 0.4) is 0 Å². The van der Waals surface area contributed by atoms with Gasteiger partial charge in [0.1, 0.15) is 13.2 Å². The van der Waals surface area contributed by atoms with Crippen molar-refractivity contribution in [3.63, 3.8) is 0 Å². The van der Waals surface area contributed by atoms with E-state index in [0.29, 0.717) is 13.2 Å². The van der Waals surface area contributed by atoms with Crippen LogP contribution >= 0.6 is 0 Å². The third-order valence-electron chi connectivity index (χ3n) is 2.93. The molecule has 0 fully saturated rings. The van der Waals surface area contributed by atoms with Gasteiger partial charge in [-0.1, -0.05) is 0 Å². The molecule has 0 spiro atoms. The summed E-state index contributed by atoms with van der Waals surface area (Å²) in [6.45, 7) is 1.11. The molecule has 0 aromatic carbocycles. The molecule has 0 radical (unpaired) electrons. The highest BCUT2D eigenvalue weighted by Crippen LogP contribution is 2.03. The van der Waals surface area contributed by atoms with Gasteiger partial charge in [0.25, 0.3) is 11.8 Å². The van der Waals surface area contributed by atoms with Gasteiger partial charge in [-0.05, 0) is 0 Å². The summed E-state index contributed by atoms with van der Waals surface area (Å²) >= 11 is 0. The van der Waals surface area contributed by atoms with Gasteiger partial charge in [0.15, 0.2) is 0 Å². The molecule has 0 aliphatic carbocycles. The quantitative estimate of drug-likeness (QED) is 0.264. The van der Waals surface area contributed by atoms with Crippen LogP contribution in [0.15, 0.2) is 12.2 Å². The van der Waals surface area contributed by atoms with Crippen LogP contribution in [0.4, 0.5) is 0 Å². The van der Waals surface area contributed by atoms with Crippen LogP contribution in [0.5, 0.6) is 0 Å². The molecule has 2 amide bonds. The predicted octanol–water partition coefficient (Wildman–Crippen LogP) is -0.559. The fourth-order valence-electron chi connectivity index (χ4n) is 1.71. The molecule has 0 aromatic heterocycles. The molecule has 1 rings (SSSR count). The number of amides is 2. The van der Waals surface area contributed by atoms with E-state index in [4.69, 9.17) is 18.9 Å². The zero-order chi connectivity index (χ0) is 17.8. The van der Waals surface area contributed by atoms with Crippen molar-refractivity contribution in [1.29, 1.82) is 0 Å². The minimum Gasteiger partial charge on any atom is -0.464 e. The van der Waals surface area contributed by atoms with Crippen molar-refractivity contribution in [2.75, 3.05) is 46.7 Å². The van der Waals surface area contributed by atoms with Gasteiger partial charge in [-0.25, -0.2) is 0 Å². The molecule has 134 valence electrons. The molecule has 1 aliphatic heterocycles. The van der Waals surface area contributed by atoms with Crippen molar-refractivity contribution in [3.05, 3.63) is 12.2 Å². The van der Waals surface area contributed by atoms with E-state index >= 15 is 0 Å². The number of hydrogen-bond acceptors (Lipinski definition) is 8. The van der Waals surface area contributed by atoms with E-state index in [1.54, 1.807) is 7.11 Å². The zero-order valence-corrected chi connectivity index (χ0v) is 13.5. The van der Waals surface area contributed by atoms with Gasteiger partial charge in [0, 0.05) is 19.3 Å². The van der Waals surface area contributed by atoms with Crippen LogP contribution in [0, 0.1) is 0 Å². The Balaban J connectivity index is 2.02. The van der Waals surface area contributed by atoms with Crippen molar-refractivity contribution >= 4 is 23.8 Å². The molecule has 0 unspecified atom stereocenters. The Morgan fingerprint density at radius 3 is 2.00 bits per heavy atom. The Kier molecular flexibility index (Phi) is 9.32.